The maximum atomic E-state index is 12.4. The molecule has 0 radical (unpaired) electrons. The van der Waals surface area contributed by atoms with Crippen molar-refractivity contribution in [2.24, 2.45) is 0 Å². The van der Waals surface area contributed by atoms with E-state index >= 15 is 0 Å². The fraction of sp³-hybridized carbons (Fsp3) is 0.487. The summed E-state index contributed by atoms with van der Waals surface area (Å²) in [6.07, 6.45) is 9.29. The van der Waals surface area contributed by atoms with E-state index in [1.807, 2.05) is 30.3 Å². The SMILES string of the molecule is O=C(CCCCCC(=O)NCc1cccc(-c2cccc([C@H]3O[C@@H](CN4CCCCCCC4)C[C@@H](c4ccc(CO)cc4)O3)c2)c1)NO. The molecule has 0 aromatic heterocycles. The van der Waals surface area contributed by atoms with Crippen molar-refractivity contribution < 1.29 is 29.4 Å². The van der Waals surface area contributed by atoms with Crippen LogP contribution >= 0.6 is 0 Å². The minimum absolute atomic E-state index is 0.0184. The van der Waals surface area contributed by atoms with Gasteiger partial charge in [-0.1, -0.05) is 86.3 Å². The summed E-state index contributed by atoms with van der Waals surface area (Å²) in [7, 11) is 0. The molecule has 9 nitrogen and oxygen atoms in total. The molecule has 2 saturated heterocycles. The number of aliphatic hydroxyl groups excluding tert-OH is 1. The quantitative estimate of drug-likeness (QED) is 0.0862. The number of carbonyl (C=O) groups is 2. The van der Waals surface area contributed by atoms with Crippen molar-refractivity contribution in [3.05, 3.63) is 95.1 Å². The Morgan fingerprint density at radius 1 is 0.750 bits per heavy atom. The zero-order valence-corrected chi connectivity index (χ0v) is 27.9. The number of aliphatic hydroxyl groups is 1. The van der Waals surface area contributed by atoms with Gasteiger partial charge in [0.2, 0.25) is 11.8 Å². The van der Waals surface area contributed by atoms with Crippen molar-refractivity contribution in [1.29, 1.82) is 0 Å². The van der Waals surface area contributed by atoms with Crippen LogP contribution in [-0.2, 0) is 32.2 Å². The van der Waals surface area contributed by atoms with Crippen LogP contribution in [0, 0.1) is 0 Å². The number of hydrogen-bond acceptors (Lipinski definition) is 7. The van der Waals surface area contributed by atoms with Gasteiger partial charge in [0, 0.05) is 37.9 Å². The molecule has 48 heavy (non-hydrogen) atoms. The van der Waals surface area contributed by atoms with Gasteiger partial charge in [0.05, 0.1) is 18.8 Å². The molecule has 2 heterocycles. The van der Waals surface area contributed by atoms with E-state index < -0.39 is 12.2 Å². The molecule has 3 atom stereocenters. The molecule has 3 aromatic carbocycles. The summed E-state index contributed by atoms with van der Waals surface area (Å²) < 4.78 is 13.4. The lowest BCUT2D eigenvalue weighted by Gasteiger charge is -2.39. The van der Waals surface area contributed by atoms with Gasteiger partial charge in [-0.25, -0.2) is 5.48 Å². The van der Waals surface area contributed by atoms with E-state index in [4.69, 9.17) is 14.7 Å². The number of hydroxylamine groups is 1. The lowest BCUT2D eigenvalue weighted by Crippen LogP contribution is -2.40. The van der Waals surface area contributed by atoms with Gasteiger partial charge in [0.1, 0.15) is 0 Å². The standard InChI is InChI=1S/C39H51N3O6/c43-28-29-17-19-31(20-18-29)36-25-35(27-42-21-7-2-1-3-8-22-42)47-39(48-36)34-14-10-13-33(24-34)32-12-9-11-30(23-32)26-40-37(44)15-5-4-6-16-38(45)41-46/h9-14,17-20,23-24,35-36,39,43,46H,1-8,15-16,21-22,25-28H2,(H,40,44)(H,41,45)/t35-,36+,39+/m1/s1. The predicted octanol–water partition coefficient (Wildman–Crippen LogP) is 6.73. The van der Waals surface area contributed by atoms with Crippen LogP contribution in [-0.4, -0.2) is 52.8 Å². The molecule has 258 valence electrons. The van der Waals surface area contributed by atoms with Crippen molar-refractivity contribution >= 4 is 11.8 Å². The fourth-order valence-corrected chi connectivity index (χ4v) is 6.64. The minimum Gasteiger partial charge on any atom is -0.392 e. The summed E-state index contributed by atoms with van der Waals surface area (Å²) in [5, 5.41) is 21.2. The van der Waals surface area contributed by atoms with Gasteiger partial charge < -0.3 is 24.8 Å². The highest BCUT2D eigenvalue weighted by atomic mass is 16.7. The number of hydrogen-bond donors (Lipinski definition) is 4. The molecule has 9 heteroatoms. The van der Waals surface area contributed by atoms with Gasteiger partial charge in [0.15, 0.2) is 6.29 Å². The smallest absolute Gasteiger partial charge is 0.243 e. The van der Waals surface area contributed by atoms with Crippen LogP contribution in [0.3, 0.4) is 0 Å². The molecule has 3 aromatic rings. The molecule has 0 spiro atoms. The Labute approximate surface area is 284 Å². The molecule has 2 amide bonds. The van der Waals surface area contributed by atoms with E-state index in [0.717, 1.165) is 65.9 Å². The average Bonchev–Trinajstić information content (AvgIpc) is 3.11. The van der Waals surface area contributed by atoms with E-state index in [1.165, 1.54) is 32.1 Å². The van der Waals surface area contributed by atoms with Crippen LogP contribution in [0.1, 0.15) is 105 Å². The molecule has 5 rings (SSSR count). The van der Waals surface area contributed by atoms with Crippen LogP contribution in [0.4, 0.5) is 0 Å². The van der Waals surface area contributed by atoms with Crippen LogP contribution in [0.2, 0.25) is 0 Å². The second kappa shape index (κ2) is 18.8. The third kappa shape index (κ3) is 11.0. The number of carbonyl (C=O) groups excluding carboxylic acids is 2. The van der Waals surface area contributed by atoms with Crippen LogP contribution in [0.15, 0.2) is 72.8 Å². The highest BCUT2D eigenvalue weighted by molar-refractivity contribution is 5.76. The van der Waals surface area contributed by atoms with Gasteiger partial charge in [-0.3, -0.25) is 14.8 Å². The molecular formula is C39H51N3O6. The van der Waals surface area contributed by atoms with E-state index in [-0.39, 0.29) is 31.1 Å². The van der Waals surface area contributed by atoms with Crippen molar-refractivity contribution in [1.82, 2.24) is 15.7 Å². The van der Waals surface area contributed by atoms with Crippen molar-refractivity contribution in [3.8, 4) is 11.1 Å². The topological polar surface area (TPSA) is 120 Å². The first-order valence-corrected chi connectivity index (χ1v) is 17.6. The van der Waals surface area contributed by atoms with E-state index in [0.29, 0.717) is 25.8 Å². The van der Waals surface area contributed by atoms with E-state index in [2.05, 4.69) is 52.7 Å². The normalized spacial score (nSPS) is 20.4. The number of rotatable bonds is 14. The van der Waals surface area contributed by atoms with Crippen LogP contribution in [0.25, 0.3) is 11.1 Å². The highest BCUT2D eigenvalue weighted by Gasteiger charge is 2.33. The second-order valence-electron chi connectivity index (χ2n) is 13.1. The number of amides is 2. The van der Waals surface area contributed by atoms with E-state index in [9.17, 15) is 14.7 Å². The summed E-state index contributed by atoms with van der Waals surface area (Å²) in [6.45, 7) is 3.56. The van der Waals surface area contributed by atoms with Crippen molar-refractivity contribution in [2.45, 2.75) is 102 Å². The third-order valence-electron chi connectivity index (χ3n) is 9.37. The lowest BCUT2D eigenvalue weighted by molar-refractivity contribution is -0.253. The Bertz CT molecular complexity index is 1440. The first-order valence-electron chi connectivity index (χ1n) is 17.6. The largest absolute Gasteiger partial charge is 0.392 e. The van der Waals surface area contributed by atoms with Crippen LogP contribution in [0.5, 0.6) is 0 Å². The minimum atomic E-state index is -0.513. The number of nitrogens with zero attached hydrogens (tertiary/aromatic N) is 1. The first-order chi connectivity index (χ1) is 23.5. The number of nitrogens with one attached hydrogen (secondary N) is 2. The zero-order valence-electron chi connectivity index (χ0n) is 27.9. The molecular weight excluding hydrogens is 606 g/mol. The average molecular weight is 658 g/mol. The maximum Gasteiger partial charge on any atom is 0.243 e. The summed E-state index contributed by atoms with van der Waals surface area (Å²) in [5.74, 6) is -0.424. The van der Waals surface area contributed by atoms with Gasteiger partial charge in [0.25, 0.3) is 0 Å². The Hall–Kier alpha value is -3.60. The monoisotopic (exact) mass is 657 g/mol. The second-order valence-corrected chi connectivity index (χ2v) is 13.1. The summed E-state index contributed by atoms with van der Waals surface area (Å²) >= 11 is 0. The molecule has 4 N–H and O–H groups in total. The Balaban J connectivity index is 1.24. The lowest BCUT2D eigenvalue weighted by atomic mass is 9.98. The molecule has 0 saturated carbocycles. The summed E-state index contributed by atoms with van der Waals surface area (Å²) in [6, 6.07) is 24.6. The predicted molar refractivity (Wildman–Crippen MR) is 185 cm³/mol. The molecule has 0 unspecified atom stereocenters. The Morgan fingerprint density at radius 2 is 1.44 bits per heavy atom. The fourth-order valence-electron chi connectivity index (χ4n) is 6.64. The Kier molecular flexibility index (Phi) is 14.0. The zero-order chi connectivity index (χ0) is 33.6. The third-order valence-corrected chi connectivity index (χ3v) is 9.37. The summed E-state index contributed by atoms with van der Waals surface area (Å²) in [5.41, 5.74) is 7.69. The first kappa shape index (κ1) is 35.7. The molecule has 0 aliphatic carbocycles. The maximum absolute atomic E-state index is 12.4. The van der Waals surface area contributed by atoms with Gasteiger partial charge in [-0.15, -0.1) is 0 Å². The van der Waals surface area contributed by atoms with Crippen molar-refractivity contribution in [2.75, 3.05) is 19.6 Å². The van der Waals surface area contributed by atoms with Gasteiger partial charge in [-0.05, 0) is 78.7 Å². The van der Waals surface area contributed by atoms with Gasteiger partial charge >= 0.3 is 0 Å². The van der Waals surface area contributed by atoms with Crippen LogP contribution < -0.4 is 10.8 Å². The highest BCUT2D eigenvalue weighted by Crippen LogP contribution is 2.39. The van der Waals surface area contributed by atoms with E-state index in [1.54, 1.807) is 5.48 Å². The molecule has 2 aliphatic rings. The summed E-state index contributed by atoms with van der Waals surface area (Å²) in [4.78, 5) is 26.1. The van der Waals surface area contributed by atoms with Gasteiger partial charge in [-0.2, -0.15) is 0 Å². The molecule has 2 aliphatic heterocycles. The Morgan fingerprint density at radius 3 is 2.17 bits per heavy atom. The number of unbranched alkanes of at least 4 members (excludes halogenated alkanes) is 2. The molecule has 0 bridgehead atoms. The molecule has 2 fully saturated rings. The number of likely N-dealkylation sites (tertiary alicyclic amines) is 1. The number of ether oxygens (including phenoxy) is 2. The number of benzene rings is 3. The van der Waals surface area contributed by atoms with Crippen molar-refractivity contribution in [3.63, 3.8) is 0 Å².